The molecule has 15 heavy (non-hydrogen) atoms. The summed E-state index contributed by atoms with van der Waals surface area (Å²) in [5, 5.41) is 6.18. The van der Waals surface area contributed by atoms with Gasteiger partial charge in [0.05, 0.1) is 17.7 Å². The van der Waals surface area contributed by atoms with E-state index < -0.39 is 0 Å². The van der Waals surface area contributed by atoms with E-state index in [1.807, 2.05) is 19.2 Å². The van der Waals surface area contributed by atoms with Crippen molar-refractivity contribution in [2.75, 3.05) is 6.54 Å². The molecule has 0 saturated heterocycles. The van der Waals surface area contributed by atoms with Crippen LogP contribution in [-0.2, 0) is 6.54 Å². The molecule has 80 valence electrons. The highest BCUT2D eigenvalue weighted by Crippen LogP contribution is 2.21. The number of thiazole rings is 1. The molecular weight excluding hydrogens is 210 g/mol. The fourth-order valence-corrected chi connectivity index (χ4v) is 1.82. The third-order valence-corrected chi connectivity index (χ3v) is 2.72. The zero-order chi connectivity index (χ0) is 10.7. The van der Waals surface area contributed by atoms with Gasteiger partial charge >= 0.3 is 0 Å². The van der Waals surface area contributed by atoms with Gasteiger partial charge in [-0.25, -0.2) is 9.97 Å². The maximum absolute atomic E-state index is 5.56. The van der Waals surface area contributed by atoms with Gasteiger partial charge in [-0.05, 0) is 13.5 Å². The third-order valence-electron chi connectivity index (χ3n) is 1.95. The average Bonchev–Trinajstić information content (AvgIpc) is 2.83. The van der Waals surface area contributed by atoms with E-state index in [1.165, 1.54) is 0 Å². The van der Waals surface area contributed by atoms with Crippen LogP contribution in [0.5, 0.6) is 0 Å². The van der Waals surface area contributed by atoms with E-state index in [-0.39, 0.29) is 0 Å². The monoisotopic (exact) mass is 223 g/mol. The molecular formula is C10H13N3OS. The highest BCUT2D eigenvalue weighted by atomic mass is 32.1. The molecule has 0 bridgehead atoms. The molecule has 0 atom stereocenters. The summed E-state index contributed by atoms with van der Waals surface area (Å²) in [6.07, 6.45) is 1.72. The average molecular weight is 223 g/mol. The minimum absolute atomic E-state index is 0.666. The molecule has 0 aliphatic heterocycles. The molecule has 0 saturated carbocycles. The summed E-state index contributed by atoms with van der Waals surface area (Å²) in [6, 6.07) is 0. The van der Waals surface area contributed by atoms with Gasteiger partial charge in [0.15, 0.2) is 5.76 Å². The lowest BCUT2D eigenvalue weighted by Crippen LogP contribution is -2.11. The summed E-state index contributed by atoms with van der Waals surface area (Å²) < 4.78 is 5.56. The first-order valence-electron chi connectivity index (χ1n) is 4.87. The molecule has 0 aliphatic rings. The van der Waals surface area contributed by atoms with Crippen LogP contribution in [-0.4, -0.2) is 16.5 Å². The standard InChI is InChI=1S/C10H13N3OS/c1-3-11-5-10-12-4-9(14-10)8-6-15-7(2)13-8/h4,6,11H,3,5H2,1-2H3. The lowest BCUT2D eigenvalue weighted by Gasteiger charge is -1.94. The van der Waals surface area contributed by atoms with Crippen LogP contribution in [0.4, 0.5) is 0 Å². The predicted octanol–water partition coefficient (Wildman–Crippen LogP) is 2.22. The molecule has 2 aromatic heterocycles. The molecule has 1 N–H and O–H groups in total. The zero-order valence-electron chi connectivity index (χ0n) is 8.78. The van der Waals surface area contributed by atoms with Crippen LogP contribution in [0.2, 0.25) is 0 Å². The summed E-state index contributed by atoms with van der Waals surface area (Å²) in [5.41, 5.74) is 0.868. The second kappa shape index (κ2) is 4.55. The van der Waals surface area contributed by atoms with Crippen molar-refractivity contribution in [3.63, 3.8) is 0 Å². The van der Waals surface area contributed by atoms with Crippen LogP contribution < -0.4 is 5.32 Å². The van der Waals surface area contributed by atoms with Crippen molar-refractivity contribution in [3.8, 4) is 11.5 Å². The van der Waals surface area contributed by atoms with Crippen LogP contribution in [0.15, 0.2) is 16.0 Å². The van der Waals surface area contributed by atoms with Gasteiger partial charge in [0, 0.05) is 5.38 Å². The van der Waals surface area contributed by atoms with Crippen molar-refractivity contribution >= 4 is 11.3 Å². The van der Waals surface area contributed by atoms with Crippen molar-refractivity contribution < 1.29 is 4.42 Å². The fraction of sp³-hybridized carbons (Fsp3) is 0.400. The molecule has 0 aromatic carbocycles. The van der Waals surface area contributed by atoms with Crippen molar-refractivity contribution in [2.24, 2.45) is 0 Å². The van der Waals surface area contributed by atoms with E-state index in [0.717, 1.165) is 23.0 Å². The van der Waals surface area contributed by atoms with Crippen LogP contribution in [0.1, 0.15) is 17.8 Å². The Hall–Kier alpha value is -1.20. The number of aromatic nitrogens is 2. The number of hydrogen-bond donors (Lipinski definition) is 1. The van der Waals surface area contributed by atoms with Crippen LogP contribution in [0.3, 0.4) is 0 Å². The lowest BCUT2D eigenvalue weighted by atomic mass is 10.4. The van der Waals surface area contributed by atoms with Crippen LogP contribution in [0, 0.1) is 6.92 Å². The molecule has 0 radical (unpaired) electrons. The number of nitrogens with one attached hydrogen (secondary N) is 1. The summed E-state index contributed by atoms with van der Waals surface area (Å²) in [6.45, 7) is 5.60. The summed E-state index contributed by atoms with van der Waals surface area (Å²) in [5.74, 6) is 1.45. The van der Waals surface area contributed by atoms with Crippen LogP contribution in [0.25, 0.3) is 11.5 Å². The van der Waals surface area contributed by atoms with Crippen molar-refractivity contribution in [3.05, 3.63) is 22.5 Å². The molecule has 4 nitrogen and oxygen atoms in total. The first-order chi connectivity index (χ1) is 7.29. The van der Waals surface area contributed by atoms with Crippen molar-refractivity contribution in [1.82, 2.24) is 15.3 Å². The van der Waals surface area contributed by atoms with E-state index >= 15 is 0 Å². The Morgan fingerprint density at radius 3 is 3.07 bits per heavy atom. The Kier molecular flexibility index (Phi) is 3.13. The third kappa shape index (κ3) is 2.43. The summed E-state index contributed by atoms with van der Waals surface area (Å²) >= 11 is 1.61. The second-order valence-electron chi connectivity index (χ2n) is 3.15. The van der Waals surface area contributed by atoms with Gasteiger partial charge in [0.1, 0.15) is 5.69 Å². The molecule has 2 rings (SSSR count). The van der Waals surface area contributed by atoms with Gasteiger partial charge in [-0.2, -0.15) is 0 Å². The minimum atomic E-state index is 0.666. The molecule has 5 heteroatoms. The first-order valence-corrected chi connectivity index (χ1v) is 5.75. The normalized spacial score (nSPS) is 10.8. The van der Waals surface area contributed by atoms with E-state index in [4.69, 9.17) is 4.42 Å². The molecule has 2 aromatic rings. The van der Waals surface area contributed by atoms with E-state index in [1.54, 1.807) is 17.5 Å². The second-order valence-corrected chi connectivity index (χ2v) is 4.21. The molecule has 0 amide bonds. The first kappa shape index (κ1) is 10.3. The van der Waals surface area contributed by atoms with Gasteiger partial charge in [-0.3, -0.25) is 0 Å². The predicted molar refractivity (Wildman–Crippen MR) is 59.7 cm³/mol. The molecule has 0 fully saturated rings. The fourth-order valence-electron chi connectivity index (χ4n) is 1.22. The maximum Gasteiger partial charge on any atom is 0.208 e. The summed E-state index contributed by atoms with van der Waals surface area (Å²) in [4.78, 5) is 8.51. The number of aryl methyl sites for hydroxylation is 1. The smallest absolute Gasteiger partial charge is 0.208 e. The highest BCUT2D eigenvalue weighted by molar-refractivity contribution is 7.09. The molecule has 0 aliphatic carbocycles. The highest BCUT2D eigenvalue weighted by Gasteiger charge is 2.08. The van der Waals surface area contributed by atoms with Gasteiger partial charge in [0.25, 0.3) is 0 Å². The number of nitrogens with zero attached hydrogens (tertiary/aromatic N) is 2. The maximum atomic E-state index is 5.56. The lowest BCUT2D eigenvalue weighted by molar-refractivity contribution is 0.481. The largest absolute Gasteiger partial charge is 0.438 e. The quantitative estimate of drug-likeness (QED) is 0.863. The Balaban J connectivity index is 2.13. The van der Waals surface area contributed by atoms with E-state index in [2.05, 4.69) is 15.3 Å². The van der Waals surface area contributed by atoms with Gasteiger partial charge in [-0.15, -0.1) is 11.3 Å². The van der Waals surface area contributed by atoms with Crippen LogP contribution >= 0.6 is 11.3 Å². The summed E-state index contributed by atoms with van der Waals surface area (Å²) in [7, 11) is 0. The number of hydrogen-bond acceptors (Lipinski definition) is 5. The van der Waals surface area contributed by atoms with Gasteiger partial charge in [0.2, 0.25) is 5.89 Å². The Morgan fingerprint density at radius 2 is 2.40 bits per heavy atom. The Bertz CT molecular complexity index is 435. The van der Waals surface area contributed by atoms with E-state index in [0.29, 0.717) is 12.4 Å². The minimum Gasteiger partial charge on any atom is -0.438 e. The SMILES string of the molecule is CCNCc1ncc(-c2csc(C)n2)o1. The Morgan fingerprint density at radius 1 is 1.53 bits per heavy atom. The molecule has 0 spiro atoms. The van der Waals surface area contributed by atoms with E-state index in [9.17, 15) is 0 Å². The van der Waals surface area contributed by atoms with Crippen molar-refractivity contribution in [2.45, 2.75) is 20.4 Å². The number of rotatable bonds is 4. The van der Waals surface area contributed by atoms with Crippen molar-refractivity contribution in [1.29, 1.82) is 0 Å². The molecule has 0 unspecified atom stereocenters. The number of oxazole rings is 1. The zero-order valence-corrected chi connectivity index (χ0v) is 9.60. The molecule has 2 heterocycles. The van der Waals surface area contributed by atoms with Gasteiger partial charge < -0.3 is 9.73 Å². The Labute approximate surface area is 92.4 Å². The topological polar surface area (TPSA) is 51.0 Å². The van der Waals surface area contributed by atoms with Gasteiger partial charge in [-0.1, -0.05) is 6.92 Å².